The Bertz CT molecular complexity index is 674. The Kier molecular flexibility index (Phi) is 5.81. The molecule has 6 heteroatoms. The molecule has 0 aliphatic carbocycles. The van der Waals surface area contributed by atoms with Gasteiger partial charge in [-0.25, -0.2) is 0 Å². The zero-order chi connectivity index (χ0) is 16.1. The maximum atomic E-state index is 12.8. The van der Waals surface area contributed by atoms with Crippen LogP contribution in [0, 0.1) is 0 Å². The van der Waals surface area contributed by atoms with Crippen LogP contribution in [0.15, 0.2) is 40.9 Å². The summed E-state index contributed by atoms with van der Waals surface area (Å²) in [4.78, 5) is 12.8. The molecule has 2 rings (SSSR count). The van der Waals surface area contributed by atoms with Gasteiger partial charge in [0.15, 0.2) is 17.0 Å². The third-order valence-electron chi connectivity index (χ3n) is 3.04. The molecule has 0 N–H and O–H groups in total. The van der Waals surface area contributed by atoms with E-state index in [1.165, 1.54) is 21.3 Å². The summed E-state index contributed by atoms with van der Waals surface area (Å²) in [5.74, 6) is 1.32. The molecule has 0 aromatic heterocycles. The van der Waals surface area contributed by atoms with Gasteiger partial charge in [0.05, 0.1) is 25.8 Å². The van der Waals surface area contributed by atoms with Crippen molar-refractivity contribution < 1.29 is 19.0 Å². The fourth-order valence-electron chi connectivity index (χ4n) is 2.07. The number of carbonyl (C=O) groups is 1. The quantitative estimate of drug-likeness (QED) is 0.715. The standard InChI is InChI=1S/C16H16BrO4P/c1-19-12-9-11(17)14(20-2)13(15(12)21-3)16(18)22-10-7-5-4-6-8-10/h4-9,22H,1-3H3. The van der Waals surface area contributed by atoms with E-state index in [2.05, 4.69) is 15.9 Å². The molecule has 0 fully saturated rings. The van der Waals surface area contributed by atoms with E-state index in [0.717, 1.165) is 5.30 Å². The van der Waals surface area contributed by atoms with Crippen molar-refractivity contribution in [3.05, 3.63) is 46.4 Å². The first-order valence-electron chi connectivity index (χ1n) is 6.47. The minimum atomic E-state index is -0.0699. The van der Waals surface area contributed by atoms with E-state index in [0.29, 0.717) is 27.3 Å². The largest absolute Gasteiger partial charge is 0.495 e. The van der Waals surface area contributed by atoms with E-state index in [4.69, 9.17) is 14.2 Å². The molecule has 1 unspecified atom stereocenters. The highest BCUT2D eigenvalue weighted by molar-refractivity contribution is 9.10. The molecule has 0 spiro atoms. The number of hydrogen-bond donors (Lipinski definition) is 0. The summed E-state index contributed by atoms with van der Waals surface area (Å²) in [7, 11) is 4.54. The normalized spacial score (nSPS) is 10.7. The fourth-order valence-corrected chi connectivity index (χ4v) is 3.61. The van der Waals surface area contributed by atoms with Crippen molar-refractivity contribution in [2.45, 2.75) is 0 Å². The Morgan fingerprint density at radius 1 is 1.00 bits per heavy atom. The van der Waals surface area contributed by atoms with Gasteiger partial charge in [-0.1, -0.05) is 30.3 Å². The zero-order valence-electron chi connectivity index (χ0n) is 12.5. The van der Waals surface area contributed by atoms with Crippen molar-refractivity contribution in [2.24, 2.45) is 0 Å². The van der Waals surface area contributed by atoms with Gasteiger partial charge in [0.2, 0.25) is 0 Å². The number of ether oxygens (including phenoxy) is 3. The van der Waals surface area contributed by atoms with Crippen LogP contribution in [0.3, 0.4) is 0 Å². The minimum absolute atomic E-state index is 0.0266. The number of hydrogen-bond acceptors (Lipinski definition) is 4. The lowest BCUT2D eigenvalue weighted by molar-refractivity contribution is 0.108. The van der Waals surface area contributed by atoms with Gasteiger partial charge < -0.3 is 14.2 Å². The number of halogens is 1. The maximum Gasteiger partial charge on any atom is 0.193 e. The average molecular weight is 383 g/mol. The molecule has 0 saturated heterocycles. The van der Waals surface area contributed by atoms with E-state index >= 15 is 0 Å². The van der Waals surface area contributed by atoms with Gasteiger partial charge in [-0.3, -0.25) is 4.79 Å². The number of methoxy groups -OCH3 is 3. The van der Waals surface area contributed by atoms with Crippen molar-refractivity contribution in [1.82, 2.24) is 0 Å². The van der Waals surface area contributed by atoms with Gasteiger partial charge in [0.1, 0.15) is 11.3 Å². The molecule has 22 heavy (non-hydrogen) atoms. The predicted octanol–water partition coefficient (Wildman–Crippen LogP) is 3.62. The predicted molar refractivity (Wildman–Crippen MR) is 92.5 cm³/mol. The molecule has 0 amide bonds. The highest BCUT2D eigenvalue weighted by Gasteiger charge is 2.25. The van der Waals surface area contributed by atoms with Crippen molar-refractivity contribution in [2.75, 3.05) is 21.3 Å². The van der Waals surface area contributed by atoms with Crippen LogP contribution in [0.5, 0.6) is 17.2 Å². The average Bonchev–Trinajstić information content (AvgIpc) is 2.54. The Morgan fingerprint density at radius 3 is 2.18 bits per heavy atom. The van der Waals surface area contributed by atoms with Crippen molar-refractivity contribution in [3.63, 3.8) is 0 Å². The van der Waals surface area contributed by atoms with Crippen LogP contribution in [-0.4, -0.2) is 26.9 Å². The lowest BCUT2D eigenvalue weighted by Gasteiger charge is -2.17. The summed E-state index contributed by atoms with van der Waals surface area (Å²) < 4.78 is 16.7. The number of benzene rings is 2. The molecular weight excluding hydrogens is 367 g/mol. The Labute approximate surface area is 139 Å². The lowest BCUT2D eigenvalue weighted by atomic mass is 10.1. The van der Waals surface area contributed by atoms with E-state index in [-0.39, 0.29) is 14.1 Å². The second kappa shape index (κ2) is 7.61. The molecule has 0 aliphatic rings. The van der Waals surface area contributed by atoms with Crippen LogP contribution >= 0.6 is 24.5 Å². The summed E-state index contributed by atoms with van der Waals surface area (Å²) in [6, 6.07) is 11.3. The smallest absolute Gasteiger partial charge is 0.193 e. The first-order chi connectivity index (χ1) is 10.6. The van der Waals surface area contributed by atoms with E-state index in [9.17, 15) is 4.79 Å². The van der Waals surface area contributed by atoms with Crippen LogP contribution in [0.25, 0.3) is 0 Å². The van der Waals surface area contributed by atoms with Crippen LogP contribution in [0.1, 0.15) is 10.4 Å². The second-order valence-electron chi connectivity index (χ2n) is 4.32. The molecule has 116 valence electrons. The Balaban J connectivity index is 2.51. The molecule has 2 aromatic rings. The van der Waals surface area contributed by atoms with Gasteiger partial charge in [0.25, 0.3) is 0 Å². The number of carbonyl (C=O) groups excluding carboxylic acids is 1. The monoisotopic (exact) mass is 382 g/mol. The number of rotatable bonds is 6. The first kappa shape index (κ1) is 16.8. The van der Waals surface area contributed by atoms with Gasteiger partial charge in [-0.05, 0) is 29.8 Å². The SMILES string of the molecule is COc1cc(Br)c(OC)c(C(=O)Pc2ccccc2)c1OC. The summed E-state index contributed by atoms with van der Waals surface area (Å²) in [5, 5.41) is 0.954. The molecule has 0 heterocycles. The highest BCUT2D eigenvalue weighted by Crippen LogP contribution is 2.45. The molecule has 0 bridgehead atoms. The van der Waals surface area contributed by atoms with Crippen LogP contribution in [0.4, 0.5) is 0 Å². The van der Waals surface area contributed by atoms with Crippen molar-refractivity contribution in [1.29, 1.82) is 0 Å². The highest BCUT2D eigenvalue weighted by atomic mass is 79.9. The van der Waals surface area contributed by atoms with Crippen molar-refractivity contribution in [3.8, 4) is 17.2 Å². The third kappa shape index (κ3) is 3.42. The molecule has 2 aromatic carbocycles. The van der Waals surface area contributed by atoms with Crippen LogP contribution < -0.4 is 19.5 Å². The maximum absolute atomic E-state index is 12.8. The lowest BCUT2D eigenvalue weighted by Crippen LogP contribution is -2.06. The van der Waals surface area contributed by atoms with E-state index in [1.54, 1.807) is 6.07 Å². The van der Waals surface area contributed by atoms with Gasteiger partial charge in [0, 0.05) is 6.07 Å². The van der Waals surface area contributed by atoms with Crippen molar-refractivity contribution >= 4 is 35.3 Å². The molecular formula is C16H16BrO4P. The zero-order valence-corrected chi connectivity index (χ0v) is 15.1. The Morgan fingerprint density at radius 2 is 1.64 bits per heavy atom. The first-order valence-corrected chi connectivity index (χ1v) is 8.26. The van der Waals surface area contributed by atoms with E-state index in [1.807, 2.05) is 30.3 Å². The molecule has 4 nitrogen and oxygen atoms in total. The fraction of sp³-hybridized carbons (Fsp3) is 0.188. The summed E-state index contributed by atoms with van der Waals surface area (Å²) >= 11 is 3.41. The van der Waals surface area contributed by atoms with Gasteiger partial charge in [-0.2, -0.15) is 0 Å². The molecule has 0 radical (unpaired) electrons. The molecule has 1 atom stereocenters. The third-order valence-corrected chi connectivity index (χ3v) is 4.73. The van der Waals surface area contributed by atoms with E-state index < -0.39 is 0 Å². The molecule has 0 saturated carbocycles. The topological polar surface area (TPSA) is 44.8 Å². The summed E-state index contributed by atoms with van der Waals surface area (Å²) in [5.41, 5.74) is 0.318. The minimum Gasteiger partial charge on any atom is -0.495 e. The van der Waals surface area contributed by atoms with Gasteiger partial charge >= 0.3 is 0 Å². The Hall–Kier alpha value is -1.58. The molecule has 0 aliphatic heterocycles. The summed E-state index contributed by atoms with van der Waals surface area (Å²) in [6.07, 6.45) is 0. The second-order valence-corrected chi connectivity index (χ2v) is 6.46. The van der Waals surface area contributed by atoms with Crippen LogP contribution in [-0.2, 0) is 0 Å². The van der Waals surface area contributed by atoms with Crippen LogP contribution in [0.2, 0.25) is 0 Å². The van der Waals surface area contributed by atoms with Gasteiger partial charge in [-0.15, -0.1) is 0 Å². The summed E-state index contributed by atoms with van der Waals surface area (Å²) in [6.45, 7) is 0.